The van der Waals surface area contributed by atoms with Crippen molar-refractivity contribution in [2.24, 2.45) is 0 Å². The SMILES string of the molecule is COC(=O)COc1ccc(N2CCN(CC(=O)N3CCNCC3Cc3ccccc3)CC2)cc1. The van der Waals surface area contributed by atoms with E-state index in [0.29, 0.717) is 12.3 Å². The highest BCUT2D eigenvalue weighted by atomic mass is 16.6. The van der Waals surface area contributed by atoms with Gasteiger partial charge in [-0.2, -0.15) is 0 Å². The molecule has 1 amide bonds. The van der Waals surface area contributed by atoms with Gasteiger partial charge in [-0.05, 0) is 36.2 Å². The van der Waals surface area contributed by atoms with E-state index >= 15 is 0 Å². The summed E-state index contributed by atoms with van der Waals surface area (Å²) in [5.41, 5.74) is 2.38. The van der Waals surface area contributed by atoms with Crippen molar-refractivity contribution >= 4 is 17.6 Å². The molecule has 1 N–H and O–H groups in total. The number of ether oxygens (including phenoxy) is 2. The molecule has 2 aromatic rings. The summed E-state index contributed by atoms with van der Waals surface area (Å²) in [5.74, 6) is 0.462. The molecule has 2 aromatic carbocycles. The maximum atomic E-state index is 13.2. The Morgan fingerprint density at radius 1 is 0.971 bits per heavy atom. The molecular weight excluding hydrogens is 432 g/mol. The number of hydrogen-bond acceptors (Lipinski definition) is 7. The number of nitrogens with one attached hydrogen (secondary N) is 1. The quantitative estimate of drug-likeness (QED) is 0.590. The molecule has 2 heterocycles. The molecule has 2 aliphatic rings. The van der Waals surface area contributed by atoms with Gasteiger partial charge in [0.05, 0.1) is 13.7 Å². The predicted octanol–water partition coefficient (Wildman–Crippen LogP) is 1.40. The van der Waals surface area contributed by atoms with E-state index in [2.05, 4.69) is 49.0 Å². The molecule has 4 rings (SSSR count). The van der Waals surface area contributed by atoms with Crippen molar-refractivity contribution < 1.29 is 19.1 Å². The summed E-state index contributed by atoms with van der Waals surface area (Å²) in [5, 5.41) is 3.44. The highest BCUT2D eigenvalue weighted by Crippen LogP contribution is 2.21. The Morgan fingerprint density at radius 2 is 1.71 bits per heavy atom. The minimum atomic E-state index is -0.401. The molecule has 1 atom stereocenters. The average Bonchev–Trinajstić information content (AvgIpc) is 2.89. The van der Waals surface area contributed by atoms with Crippen molar-refractivity contribution in [1.29, 1.82) is 0 Å². The highest BCUT2D eigenvalue weighted by molar-refractivity contribution is 5.79. The first-order valence-corrected chi connectivity index (χ1v) is 11.9. The first kappa shape index (κ1) is 24.0. The Balaban J connectivity index is 1.25. The molecule has 0 bridgehead atoms. The van der Waals surface area contributed by atoms with Crippen LogP contribution in [0.25, 0.3) is 0 Å². The summed E-state index contributed by atoms with van der Waals surface area (Å²) in [6, 6.07) is 18.3. The van der Waals surface area contributed by atoms with E-state index in [9.17, 15) is 9.59 Å². The minimum absolute atomic E-state index is 0.0954. The molecule has 182 valence electrons. The fourth-order valence-corrected chi connectivity index (χ4v) is 4.56. The summed E-state index contributed by atoms with van der Waals surface area (Å²) < 4.78 is 10.0. The van der Waals surface area contributed by atoms with Crippen LogP contribution in [0.2, 0.25) is 0 Å². The van der Waals surface area contributed by atoms with Crippen LogP contribution in [0.1, 0.15) is 5.56 Å². The van der Waals surface area contributed by atoms with Gasteiger partial charge in [0.15, 0.2) is 6.61 Å². The van der Waals surface area contributed by atoms with Gasteiger partial charge in [-0.1, -0.05) is 30.3 Å². The number of piperazine rings is 2. The standard InChI is InChI=1S/C26H34N4O4/c1-33-26(32)20-34-24-9-7-22(8-10-24)29-15-13-28(14-16-29)19-25(31)30-12-11-27-18-23(30)17-21-5-3-2-4-6-21/h2-10,23,27H,11-20H2,1H3. The zero-order valence-electron chi connectivity index (χ0n) is 19.8. The molecule has 0 radical (unpaired) electrons. The number of methoxy groups -OCH3 is 1. The number of carbonyl (C=O) groups excluding carboxylic acids is 2. The van der Waals surface area contributed by atoms with Crippen molar-refractivity contribution in [3.05, 3.63) is 60.2 Å². The van der Waals surface area contributed by atoms with Crippen LogP contribution in [0, 0.1) is 0 Å². The van der Waals surface area contributed by atoms with E-state index in [1.165, 1.54) is 12.7 Å². The number of anilines is 1. The number of benzene rings is 2. The van der Waals surface area contributed by atoms with Crippen LogP contribution in [0.15, 0.2) is 54.6 Å². The molecule has 34 heavy (non-hydrogen) atoms. The van der Waals surface area contributed by atoms with E-state index in [-0.39, 0.29) is 18.6 Å². The fourth-order valence-electron chi connectivity index (χ4n) is 4.56. The van der Waals surface area contributed by atoms with Gasteiger partial charge in [0.2, 0.25) is 5.91 Å². The third-order valence-corrected chi connectivity index (χ3v) is 6.50. The van der Waals surface area contributed by atoms with Crippen LogP contribution < -0.4 is 15.0 Å². The van der Waals surface area contributed by atoms with Crippen LogP contribution in [0.3, 0.4) is 0 Å². The Bertz CT molecular complexity index is 930. The highest BCUT2D eigenvalue weighted by Gasteiger charge is 2.28. The first-order chi connectivity index (χ1) is 16.6. The van der Waals surface area contributed by atoms with Crippen molar-refractivity contribution in [2.75, 3.05) is 71.0 Å². The Kier molecular flexibility index (Phi) is 8.38. The lowest BCUT2D eigenvalue weighted by molar-refractivity contribution is -0.143. The van der Waals surface area contributed by atoms with Gasteiger partial charge in [0.1, 0.15) is 5.75 Å². The summed E-state index contributed by atoms with van der Waals surface area (Å²) in [6.45, 7) is 6.26. The van der Waals surface area contributed by atoms with E-state index in [1.807, 2.05) is 30.3 Å². The average molecular weight is 467 g/mol. The van der Waals surface area contributed by atoms with Gasteiger partial charge in [-0.25, -0.2) is 4.79 Å². The number of nitrogens with zero attached hydrogens (tertiary/aromatic N) is 3. The maximum Gasteiger partial charge on any atom is 0.343 e. The minimum Gasteiger partial charge on any atom is -0.482 e. The molecule has 8 heteroatoms. The normalized spacial score (nSPS) is 19.0. The Labute approximate surface area is 201 Å². The summed E-state index contributed by atoms with van der Waals surface area (Å²) in [7, 11) is 1.34. The second-order valence-electron chi connectivity index (χ2n) is 8.76. The summed E-state index contributed by atoms with van der Waals surface area (Å²) >= 11 is 0. The second-order valence-corrected chi connectivity index (χ2v) is 8.76. The number of rotatable bonds is 8. The number of carbonyl (C=O) groups is 2. The molecule has 0 spiro atoms. The van der Waals surface area contributed by atoms with Crippen molar-refractivity contribution in [3.63, 3.8) is 0 Å². The van der Waals surface area contributed by atoms with Crippen LogP contribution >= 0.6 is 0 Å². The van der Waals surface area contributed by atoms with Gasteiger partial charge in [0.25, 0.3) is 0 Å². The third-order valence-electron chi connectivity index (χ3n) is 6.50. The summed E-state index contributed by atoms with van der Waals surface area (Å²) in [6.07, 6.45) is 0.882. The van der Waals surface area contributed by atoms with Gasteiger partial charge in [-0.15, -0.1) is 0 Å². The lowest BCUT2D eigenvalue weighted by Crippen LogP contribution is -2.57. The molecule has 0 aliphatic carbocycles. The van der Waals surface area contributed by atoms with Crippen LogP contribution in [-0.4, -0.2) is 93.8 Å². The second kappa shape index (κ2) is 11.9. The largest absolute Gasteiger partial charge is 0.482 e. The lowest BCUT2D eigenvalue weighted by atomic mass is 10.0. The van der Waals surface area contributed by atoms with Gasteiger partial charge in [-0.3, -0.25) is 9.69 Å². The molecule has 2 fully saturated rings. The van der Waals surface area contributed by atoms with Crippen LogP contribution in [0.5, 0.6) is 5.75 Å². The Morgan fingerprint density at radius 3 is 2.41 bits per heavy atom. The predicted molar refractivity (Wildman–Crippen MR) is 131 cm³/mol. The number of hydrogen-bond donors (Lipinski definition) is 1. The fraction of sp³-hybridized carbons (Fsp3) is 0.462. The van der Waals surface area contributed by atoms with Gasteiger partial charge >= 0.3 is 5.97 Å². The number of amides is 1. The molecule has 1 unspecified atom stereocenters. The van der Waals surface area contributed by atoms with E-state index in [4.69, 9.17) is 4.74 Å². The lowest BCUT2D eigenvalue weighted by Gasteiger charge is -2.40. The van der Waals surface area contributed by atoms with Gasteiger partial charge in [0, 0.05) is 57.5 Å². The van der Waals surface area contributed by atoms with Crippen molar-refractivity contribution in [3.8, 4) is 5.75 Å². The van der Waals surface area contributed by atoms with Crippen molar-refractivity contribution in [1.82, 2.24) is 15.1 Å². The number of esters is 1. The first-order valence-electron chi connectivity index (χ1n) is 11.9. The monoisotopic (exact) mass is 466 g/mol. The van der Waals surface area contributed by atoms with Crippen molar-refractivity contribution in [2.45, 2.75) is 12.5 Å². The Hall–Kier alpha value is -3.10. The van der Waals surface area contributed by atoms with Gasteiger partial charge < -0.3 is 24.6 Å². The zero-order chi connectivity index (χ0) is 23.8. The molecule has 0 aromatic heterocycles. The smallest absolute Gasteiger partial charge is 0.343 e. The molecular formula is C26H34N4O4. The van der Waals surface area contributed by atoms with E-state index in [0.717, 1.165) is 57.9 Å². The zero-order valence-corrected chi connectivity index (χ0v) is 19.8. The third kappa shape index (κ3) is 6.48. The van der Waals surface area contributed by atoms with Crippen LogP contribution in [-0.2, 0) is 20.7 Å². The van der Waals surface area contributed by atoms with Crippen LogP contribution in [0.4, 0.5) is 5.69 Å². The topological polar surface area (TPSA) is 74.4 Å². The van der Waals surface area contributed by atoms with E-state index < -0.39 is 5.97 Å². The van der Waals surface area contributed by atoms with E-state index in [1.54, 1.807) is 0 Å². The molecule has 8 nitrogen and oxygen atoms in total. The molecule has 0 saturated carbocycles. The molecule has 2 aliphatic heterocycles. The summed E-state index contributed by atoms with van der Waals surface area (Å²) in [4.78, 5) is 31.0. The molecule has 2 saturated heterocycles. The maximum absolute atomic E-state index is 13.2.